The van der Waals surface area contributed by atoms with E-state index >= 15 is 0 Å². The van der Waals surface area contributed by atoms with E-state index in [1.807, 2.05) is 0 Å². The molecule has 0 aliphatic carbocycles. The van der Waals surface area contributed by atoms with Gasteiger partial charge in [0, 0.05) is 17.6 Å². The van der Waals surface area contributed by atoms with Gasteiger partial charge in [0.25, 0.3) is 0 Å². The highest BCUT2D eigenvalue weighted by Crippen LogP contribution is 2.19. The molecule has 0 fully saturated rings. The Morgan fingerprint density at radius 2 is 1.60 bits per heavy atom. The zero-order valence-corrected chi connectivity index (χ0v) is 11.1. The monoisotopic (exact) mass is 276 g/mol. The smallest absolute Gasteiger partial charge is 0.332 e. The molecule has 5 heteroatoms. The average molecular weight is 276 g/mol. The van der Waals surface area contributed by atoms with Crippen LogP contribution in [0.4, 0.5) is 0 Å². The quantitative estimate of drug-likeness (QED) is 0.589. The minimum Gasteiger partial charge on any atom is -0.481 e. The van der Waals surface area contributed by atoms with Crippen molar-refractivity contribution in [2.45, 2.75) is 26.2 Å². The number of aliphatic carboxylic acids is 2. The molecule has 5 nitrogen and oxygen atoms in total. The van der Waals surface area contributed by atoms with E-state index in [2.05, 4.69) is 0 Å². The Labute approximate surface area is 116 Å². The van der Waals surface area contributed by atoms with Gasteiger partial charge in [-0.2, -0.15) is 0 Å². The molecule has 0 spiro atoms. The highest BCUT2D eigenvalue weighted by atomic mass is 16.4. The topological polar surface area (TPSA) is 91.7 Å². The first-order chi connectivity index (χ1) is 9.45. The molecule has 0 saturated carbocycles. The van der Waals surface area contributed by atoms with Crippen LogP contribution >= 0.6 is 0 Å². The third-order valence-electron chi connectivity index (χ3n) is 2.91. The maximum absolute atomic E-state index is 12.1. The van der Waals surface area contributed by atoms with Gasteiger partial charge < -0.3 is 10.2 Å². The van der Waals surface area contributed by atoms with E-state index in [1.54, 1.807) is 37.3 Å². The number of carboxylic acids is 2. The van der Waals surface area contributed by atoms with Crippen LogP contribution < -0.4 is 0 Å². The number of hydrogen-bond donors (Lipinski definition) is 2. The van der Waals surface area contributed by atoms with Gasteiger partial charge in [0.05, 0.1) is 6.42 Å². The first-order valence-electron chi connectivity index (χ1n) is 6.20. The summed E-state index contributed by atoms with van der Waals surface area (Å²) in [6.07, 6.45) is -0.330. The van der Waals surface area contributed by atoms with Gasteiger partial charge in [0.2, 0.25) is 0 Å². The lowest BCUT2D eigenvalue weighted by molar-refractivity contribution is -0.139. The van der Waals surface area contributed by atoms with Crippen molar-refractivity contribution in [2.75, 3.05) is 0 Å². The summed E-state index contributed by atoms with van der Waals surface area (Å²) in [6.45, 7) is 1.71. The number of carboxylic acid groups (broad SMARTS) is 2. The standard InChI is InChI=1S/C15H16O5/c1-2-10(12(15(19)20)9-14(17)18)8-13(16)11-6-4-3-5-7-11/h3-7H,2,8-9H2,1H3,(H,17,18)(H,19,20). The third-order valence-corrected chi connectivity index (χ3v) is 2.91. The summed E-state index contributed by atoms with van der Waals surface area (Å²) < 4.78 is 0. The highest BCUT2D eigenvalue weighted by Gasteiger charge is 2.19. The summed E-state index contributed by atoms with van der Waals surface area (Å²) in [4.78, 5) is 33.9. The second kappa shape index (κ2) is 7.23. The minimum atomic E-state index is -1.29. The van der Waals surface area contributed by atoms with E-state index in [4.69, 9.17) is 10.2 Å². The lowest BCUT2D eigenvalue weighted by Crippen LogP contribution is -2.12. The van der Waals surface area contributed by atoms with Crippen molar-refractivity contribution in [3.63, 3.8) is 0 Å². The van der Waals surface area contributed by atoms with Gasteiger partial charge in [0.15, 0.2) is 5.78 Å². The number of Topliss-reactive ketones (excluding diaryl/α,β-unsaturated/α-hetero) is 1. The Hall–Kier alpha value is -2.43. The Morgan fingerprint density at radius 1 is 1.00 bits per heavy atom. The molecule has 0 aromatic heterocycles. The normalized spacial score (nSPS) is 11.7. The van der Waals surface area contributed by atoms with Gasteiger partial charge in [-0.05, 0) is 6.42 Å². The first kappa shape index (κ1) is 15.6. The van der Waals surface area contributed by atoms with Crippen LogP contribution in [-0.2, 0) is 9.59 Å². The molecule has 106 valence electrons. The third kappa shape index (κ3) is 4.35. The number of allylic oxidation sites excluding steroid dienone is 1. The number of carbonyl (C=O) groups is 3. The molecule has 0 bridgehead atoms. The largest absolute Gasteiger partial charge is 0.481 e. The first-order valence-corrected chi connectivity index (χ1v) is 6.20. The highest BCUT2D eigenvalue weighted by molar-refractivity contribution is 5.99. The number of carbonyl (C=O) groups excluding carboxylic acids is 1. The van der Waals surface area contributed by atoms with Crippen molar-refractivity contribution in [1.29, 1.82) is 0 Å². The van der Waals surface area contributed by atoms with Crippen LogP contribution in [0.3, 0.4) is 0 Å². The van der Waals surface area contributed by atoms with Crippen LogP contribution in [0.15, 0.2) is 41.5 Å². The molecule has 0 atom stereocenters. The Bertz CT molecular complexity index is 543. The van der Waals surface area contributed by atoms with E-state index in [-0.39, 0.29) is 17.8 Å². The Morgan fingerprint density at radius 3 is 2.05 bits per heavy atom. The number of ketones is 1. The average Bonchev–Trinajstić information content (AvgIpc) is 2.42. The predicted octanol–water partition coefficient (Wildman–Crippen LogP) is 2.53. The molecule has 0 radical (unpaired) electrons. The molecule has 1 rings (SSSR count). The van der Waals surface area contributed by atoms with E-state index < -0.39 is 18.4 Å². The van der Waals surface area contributed by atoms with E-state index in [1.165, 1.54) is 0 Å². The zero-order valence-electron chi connectivity index (χ0n) is 11.1. The fourth-order valence-electron chi connectivity index (χ4n) is 1.87. The summed E-state index contributed by atoms with van der Waals surface area (Å²) >= 11 is 0. The summed E-state index contributed by atoms with van der Waals surface area (Å²) in [7, 11) is 0. The van der Waals surface area contributed by atoms with Crippen LogP contribution in [0.25, 0.3) is 0 Å². The molecule has 1 aromatic rings. The molecule has 2 N–H and O–H groups in total. The fraction of sp³-hybridized carbons (Fsp3) is 0.267. The molecular weight excluding hydrogens is 260 g/mol. The molecule has 0 amide bonds. The molecule has 0 saturated heterocycles. The number of rotatable bonds is 7. The van der Waals surface area contributed by atoms with Crippen LogP contribution in [0, 0.1) is 0 Å². The van der Waals surface area contributed by atoms with Crippen LogP contribution in [0.5, 0.6) is 0 Å². The van der Waals surface area contributed by atoms with Crippen LogP contribution in [0.2, 0.25) is 0 Å². The SMILES string of the molecule is CCC(CC(=O)c1ccccc1)=C(CC(=O)O)C(=O)O. The molecule has 0 aliphatic rings. The van der Waals surface area contributed by atoms with Gasteiger partial charge in [-0.15, -0.1) is 0 Å². The molecule has 1 aromatic carbocycles. The zero-order chi connectivity index (χ0) is 15.1. The van der Waals surface area contributed by atoms with Crippen molar-refractivity contribution in [1.82, 2.24) is 0 Å². The van der Waals surface area contributed by atoms with Crippen LogP contribution in [-0.4, -0.2) is 27.9 Å². The van der Waals surface area contributed by atoms with E-state index in [0.717, 1.165) is 0 Å². The lowest BCUT2D eigenvalue weighted by atomic mass is 9.95. The fourth-order valence-corrected chi connectivity index (χ4v) is 1.87. The van der Waals surface area contributed by atoms with Crippen molar-refractivity contribution in [3.05, 3.63) is 47.0 Å². The molecule has 0 aliphatic heterocycles. The maximum Gasteiger partial charge on any atom is 0.332 e. The molecule has 0 unspecified atom stereocenters. The molecule has 20 heavy (non-hydrogen) atoms. The van der Waals surface area contributed by atoms with E-state index in [9.17, 15) is 14.4 Å². The van der Waals surface area contributed by atoms with Crippen molar-refractivity contribution in [2.24, 2.45) is 0 Å². The van der Waals surface area contributed by atoms with Gasteiger partial charge >= 0.3 is 11.9 Å². The Balaban J connectivity index is 3.02. The summed E-state index contributed by atoms with van der Waals surface area (Å²) in [6, 6.07) is 8.51. The van der Waals surface area contributed by atoms with E-state index in [0.29, 0.717) is 17.6 Å². The molecular formula is C15H16O5. The van der Waals surface area contributed by atoms with Gasteiger partial charge in [-0.1, -0.05) is 42.8 Å². The van der Waals surface area contributed by atoms with Crippen molar-refractivity contribution >= 4 is 17.7 Å². The van der Waals surface area contributed by atoms with Crippen molar-refractivity contribution in [3.8, 4) is 0 Å². The van der Waals surface area contributed by atoms with Gasteiger partial charge in [-0.25, -0.2) is 4.79 Å². The van der Waals surface area contributed by atoms with Gasteiger partial charge in [-0.3, -0.25) is 9.59 Å². The van der Waals surface area contributed by atoms with Crippen LogP contribution in [0.1, 0.15) is 36.5 Å². The number of hydrogen-bond acceptors (Lipinski definition) is 3. The summed E-state index contributed by atoms with van der Waals surface area (Å²) in [5.74, 6) is -2.72. The predicted molar refractivity (Wildman–Crippen MR) is 72.6 cm³/mol. The lowest BCUT2D eigenvalue weighted by Gasteiger charge is -2.09. The summed E-state index contributed by atoms with van der Waals surface area (Å²) in [5, 5.41) is 17.8. The second-order valence-electron chi connectivity index (χ2n) is 4.28. The van der Waals surface area contributed by atoms with Gasteiger partial charge in [0.1, 0.15) is 0 Å². The maximum atomic E-state index is 12.1. The summed E-state index contributed by atoms with van der Waals surface area (Å²) in [5.41, 5.74) is 0.636. The second-order valence-corrected chi connectivity index (χ2v) is 4.28. The number of benzene rings is 1. The molecule has 0 heterocycles. The Kier molecular flexibility index (Phi) is 5.65. The minimum absolute atomic E-state index is 0.0740. The van der Waals surface area contributed by atoms with Crippen molar-refractivity contribution < 1.29 is 24.6 Å².